The summed E-state index contributed by atoms with van der Waals surface area (Å²) in [5.41, 5.74) is 5.90. The second kappa shape index (κ2) is 5.99. The van der Waals surface area contributed by atoms with Crippen LogP contribution in [0.15, 0.2) is 0 Å². The van der Waals surface area contributed by atoms with E-state index < -0.39 is 0 Å². The number of aliphatic hydroxyl groups is 1. The largest absolute Gasteiger partial charge is 0.393 e. The summed E-state index contributed by atoms with van der Waals surface area (Å²) in [6, 6.07) is 1.15. The maximum absolute atomic E-state index is 9.44. The molecule has 0 heterocycles. The topological polar surface area (TPSA) is 58.3 Å². The second-order valence-electron chi connectivity index (χ2n) is 5.69. The van der Waals surface area contributed by atoms with Crippen molar-refractivity contribution in [1.82, 2.24) is 5.32 Å². The molecule has 2 fully saturated rings. The minimum absolute atomic E-state index is 0.0241. The minimum Gasteiger partial charge on any atom is -0.393 e. The Balaban J connectivity index is 1.60. The molecule has 0 bridgehead atoms. The van der Waals surface area contributed by atoms with Crippen LogP contribution in [-0.4, -0.2) is 29.8 Å². The van der Waals surface area contributed by atoms with Crippen LogP contribution < -0.4 is 11.1 Å². The number of nitrogens with one attached hydrogen (secondary N) is 1. The van der Waals surface area contributed by atoms with Gasteiger partial charge in [-0.1, -0.05) is 0 Å². The van der Waals surface area contributed by atoms with Crippen molar-refractivity contribution in [3.63, 3.8) is 0 Å². The molecular formula is C13H26N2O. The van der Waals surface area contributed by atoms with Gasteiger partial charge < -0.3 is 16.2 Å². The number of rotatable bonds is 3. The molecule has 0 atom stereocenters. The molecule has 2 saturated carbocycles. The van der Waals surface area contributed by atoms with Crippen molar-refractivity contribution in [2.24, 2.45) is 11.7 Å². The second-order valence-corrected chi connectivity index (χ2v) is 5.69. The lowest BCUT2D eigenvalue weighted by Gasteiger charge is -2.30. The molecule has 2 rings (SSSR count). The SMILES string of the molecule is NC1CCC(NCC2CCC(O)CC2)CC1. The van der Waals surface area contributed by atoms with Gasteiger partial charge >= 0.3 is 0 Å². The molecule has 0 saturated heterocycles. The van der Waals surface area contributed by atoms with Crippen molar-refractivity contribution < 1.29 is 5.11 Å². The Morgan fingerprint density at radius 3 is 2.19 bits per heavy atom. The summed E-state index contributed by atoms with van der Waals surface area (Å²) in [7, 11) is 0. The minimum atomic E-state index is -0.0241. The van der Waals surface area contributed by atoms with Crippen LogP contribution in [0.3, 0.4) is 0 Å². The quantitative estimate of drug-likeness (QED) is 0.682. The number of hydrogen-bond donors (Lipinski definition) is 3. The Labute approximate surface area is 98.8 Å². The van der Waals surface area contributed by atoms with Gasteiger partial charge in [0.1, 0.15) is 0 Å². The molecule has 3 nitrogen and oxygen atoms in total. The van der Waals surface area contributed by atoms with Gasteiger partial charge in [0.15, 0.2) is 0 Å². The molecule has 0 aromatic heterocycles. The lowest BCUT2D eigenvalue weighted by Crippen LogP contribution is -2.40. The maximum atomic E-state index is 9.44. The Morgan fingerprint density at radius 1 is 0.938 bits per heavy atom. The highest BCUT2D eigenvalue weighted by molar-refractivity contribution is 4.80. The zero-order valence-corrected chi connectivity index (χ0v) is 10.2. The average Bonchev–Trinajstić information content (AvgIpc) is 2.30. The van der Waals surface area contributed by atoms with Crippen LogP contribution in [0, 0.1) is 5.92 Å². The van der Waals surface area contributed by atoms with Crippen molar-refractivity contribution in [3.05, 3.63) is 0 Å². The predicted octanol–water partition coefficient (Wildman–Crippen LogP) is 1.40. The third kappa shape index (κ3) is 3.72. The van der Waals surface area contributed by atoms with Crippen molar-refractivity contribution in [3.8, 4) is 0 Å². The molecule has 2 aliphatic carbocycles. The Morgan fingerprint density at radius 2 is 1.56 bits per heavy atom. The molecule has 2 aliphatic rings. The summed E-state index contributed by atoms with van der Waals surface area (Å²) < 4.78 is 0. The maximum Gasteiger partial charge on any atom is 0.0540 e. The molecule has 3 heteroatoms. The van der Waals surface area contributed by atoms with Gasteiger partial charge in [0.05, 0.1) is 6.10 Å². The highest BCUT2D eigenvalue weighted by Crippen LogP contribution is 2.24. The summed E-state index contributed by atoms with van der Waals surface area (Å²) in [5, 5.41) is 13.1. The smallest absolute Gasteiger partial charge is 0.0540 e. The van der Waals surface area contributed by atoms with Crippen LogP contribution in [0.2, 0.25) is 0 Å². The third-order valence-corrected chi connectivity index (χ3v) is 4.28. The Hall–Kier alpha value is -0.120. The molecule has 94 valence electrons. The van der Waals surface area contributed by atoms with E-state index in [0.29, 0.717) is 12.1 Å². The number of hydrogen-bond acceptors (Lipinski definition) is 3. The molecule has 16 heavy (non-hydrogen) atoms. The summed E-state index contributed by atoms with van der Waals surface area (Å²) in [6.07, 6.45) is 9.23. The molecule has 0 aliphatic heterocycles. The van der Waals surface area contributed by atoms with E-state index >= 15 is 0 Å². The van der Waals surface area contributed by atoms with Gasteiger partial charge in [0.25, 0.3) is 0 Å². The first-order chi connectivity index (χ1) is 7.74. The van der Waals surface area contributed by atoms with Crippen molar-refractivity contribution >= 4 is 0 Å². The average molecular weight is 226 g/mol. The van der Waals surface area contributed by atoms with E-state index in [-0.39, 0.29) is 6.10 Å². The van der Waals surface area contributed by atoms with E-state index in [4.69, 9.17) is 5.73 Å². The lowest BCUT2D eigenvalue weighted by atomic mass is 9.86. The summed E-state index contributed by atoms with van der Waals surface area (Å²) >= 11 is 0. The zero-order valence-electron chi connectivity index (χ0n) is 10.2. The first kappa shape index (κ1) is 12.3. The molecule has 0 aromatic carbocycles. The van der Waals surface area contributed by atoms with E-state index in [1.807, 2.05) is 0 Å². The van der Waals surface area contributed by atoms with Gasteiger partial charge in [0, 0.05) is 12.1 Å². The first-order valence-corrected chi connectivity index (χ1v) is 6.91. The highest BCUT2D eigenvalue weighted by Gasteiger charge is 2.22. The van der Waals surface area contributed by atoms with Gasteiger partial charge in [0.2, 0.25) is 0 Å². The van der Waals surface area contributed by atoms with Crippen LogP contribution in [0.1, 0.15) is 51.4 Å². The van der Waals surface area contributed by atoms with Crippen LogP contribution in [0.5, 0.6) is 0 Å². The fourth-order valence-corrected chi connectivity index (χ4v) is 3.01. The normalized spacial score (nSPS) is 40.9. The predicted molar refractivity (Wildman–Crippen MR) is 66.2 cm³/mol. The molecular weight excluding hydrogens is 200 g/mol. The van der Waals surface area contributed by atoms with Gasteiger partial charge in [-0.2, -0.15) is 0 Å². The van der Waals surface area contributed by atoms with Gasteiger partial charge in [-0.3, -0.25) is 0 Å². The van der Waals surface area contributed by atoms with E-state index in [2.05, 4.69) is 5.32 Å². The zero-order chi connectivity index (χ0) is 11.4. The Bertz CT molecular complexity index is 172. The van der Waals surface area contributed by atoms with Gasteiger partial charge in [-0.05, 0) is 63.8 Å². The molecule has 0 unspecified atom stereocenters. The molecule has 0 amide bonds. The standard InChI is InChI=1S/C13H26N2O/c14-11-3-5-12(6-4-11)15-9-10-1-7-13(16)8-2-10/h10-13,15-16H,1-9,14H2. The molecule has 4 N–H and O–H groups in total. The monoisotopic (exact) mass is 226 g/mol. The Kier molecular flexibility index (Phi) is 4.62. The van der Waals surface area contributed by atoms with E-state index in [9.17, 15) is 5.11 Å². The lowest BCUT2D eigenvalue weighted by molar-refractivity contribution is 0.107. The van der Waals surface area contributed by atoms with Crippen LogP contribution in [-0.2, 0) is 0 Å². The highest BCUT2D eigenvalue weighted by atomic mass is 16.3. The van der Waals surface area contributed by atoms with Crippen LogP contribution in [0.25, 0.3) is 0 Å². The fourth-order valence-electron chi connectivity index (χ4n) is 3.01. The molecule has 0 aromatic rings. The van der Waals surface area contributed by atoms with Crippen LogP contribution >= 0.6 is 0 Å². The molecule has 0 spiro atoms. The van der Waals surface area contributed by atoms with Crippen molar-refractivity contribution in [1.29, 1.82) is 0 Å². The molecule has 0 radical (unpaired) electrons. The first-order valence-electron chi connectivity index (χ1n) is 6.91. The van der Waals surface area contributed by atoms with Gasteiger partial charge in [-0.15, -0.1) is 0 Å². The van der Waals surface area contributed by atoms with Crippen molar-refractivity contribution in [2.75, 3.05) is 6.54 Å². The number of aliphatic hydroxyl groups excluding tert-OH is 1. The number of nitrogens with two attached hydrogens (primary N) is 1. The van der Waals surface area contributed by atoms with E-state index in [0.717, 1.165) is 25.3 Å². The summed E-state index contributed by atoms with van der Waals surface area (Å²) in [5.74, 6) is 0.791. The summed E-state index contributed by atoms with van der Waals surface area (Å²) in [6.45, 7) is 1.15. The fraction of sp³-hybridized carbons (Fsp3) is 1.00. The van der Waals surface area contributed by atoms with Crippen LogP contribution in [0.4, 0.5) is 0 Å². The van der Waals surface area contributed by atoms with Gasteiger partial charge in [-0.25, -0.2) is 0 Å². The third-order valence-electron chi connectivity index (χ3n) is 4.28. The van der Waals surface area contributed by atoms with E-state index in [1.165, 1.54) is 38.5 Å². The summed E-state index contributed by atoms with van der Waals surface area (Å²) in [4.78, 5) is 0. The van der Waals surface area contributed by atoms with E-state index in [1.54, 1.807) is 0 Å². The van der Waals surface area contributed by atoms with Crippen molar-refractivity contribution in [2.45, 2.75) is 69.6 Å².